The van der Waals surface area contributed by atoms with Crippen LogP contribution in [0.3, 0.4) is 0 Å². The van der Waals surface area contributed by atoms with Gasteiger partial charge >= 0.3 is 0 Å². The molecule has 0 spiro atoms. The lowest BCUT2D eigenvalue weighted by Gasteiger charge is -2.36. The van der Waals surface area contributed by atoms with Crippen LogP contribution in [0.25, 0.3) is 71.6 Å². The summed E-state index contributed by atoms with van der Waals surface area (Å²) < 4.78 is 2.47. The second kappa shape index (κ2) is 15.8. The van der Waals surface area contributed by atoms with Gasteiger partial charge in [0.15, 0.2) is 0 Å². The van der Waals surface area contributed by atoms with Crippen molar-refractivity contribution in [3.8, 4) is 39.1 Å². The number of fused-ring (bicyclic) bond motifs is 7. The highest BCUT2D eigenvalue weighted by Gasteiger charge is 2.47. The average Bonchev–Trinajstić information content (AvgIpc) is 3.89. The molecule has 0 saturated carbocycles. The minimum absolute atomic E-state index is 0.623. The molecule has 0 N–H and O–H groups in total. The number of hydrogen-bond acceptors (Lipinski definition) is 1. The smallest absolute Gasteiger partial charge is 0.0720 e. The normalized spacial score (nSPS) is 14.0. The third-order valence-electron chi connectivity index (χ3n) is 14.0. The van der Waals surface area contributed by atoms with Gasteiger partial charge in [-0.3, -0.25) is 0 Å². The Kier molecular flexibility index (Phi) is 9.11. The number of nitrogens with zero attached hydrogens (tertiary/aromatic N) is 2. The zero-order valence-electron chi connectivity index (χ0n) is 36.8. The largest absolute Gasteiger partial charge is 0.310 e. The molecule has 11 aromatic carbocycles. The van der Waals surface area contributed by atoms with Gasteiger partial charge in [-0.15, -0.1) is 0 Å². The van der Waals surface area contributed by atoms with E-state index in [9.17, 15) is 0 Å². The molecule has 0 fully saturated rings. The highest BCUT2D eigenvalue weighted by atomic mass is 15.1. The van der Waals surface area contributed by atoms with Crippen molar-refractivity contribution in [2.24, 2.45) is 0 Å². The lowest BCUT2D eigenvalue weighted by molar-refractivity contribution is 0.770. The van der Waals surface area contributed by atoms with Gasteiger partial charge in [-0.1, -0.05) is 218 Å². The van der Waals surface area contributed by atoms with Crippen LogP contribution in [0.1, 0.15) is 22.3 Å². The van der Waals surface area contributed by atoms with Crippen molar-refractivity contribution in [1.82, 2.24) is 4.57 Å². The maximum atomic E-state index is 2.49. The minimum atomic E-state index is -0.623. The predicted octanol–water partition coefficient (Wildman–Crippen LogP) is 17.1. The Bertz CT molecular complexity index is 3810. The Hall–Kier alpha value is -8.72. The zero-order valence-corrected chi connectivity index (χ0v) is 36.8. The molecule has 0 radical (unpaired) electrons. The van der Waals surface area contributed by atoms with Crippen molar-refractivity contribution >= 4 is 49.6 Å². The number of para-hydroxylation sites is 2. The third kappa shape index (κ3) is 6.11. The molecular formula is C65H44N2. The number of benzene rings is 11. The Morgan fingerprint density at radius 3 is 1.58 bits per heavy atom. The number of hydrogen-bond donors (Lipinski definition) is 0. The average molecular weight is 853 g/mol. The van der Waals surface area contributed by atoms with Crippen LogP contribution in [-0.2, 0) is 5.41 Å². The molecule has 0 saturated heterocycles. The quantitative estimate of drug-likeness (QED) is 0.148. The van der Waals surface area contributed by atoms with E-state index in [1.54, 1.807) is 0 Å². The van der Waals surface area contributed by atoms with E-state index in [2.05, 4.69) is 276 Å². The van der Waals surface area contributed by atoms with E-state index in [-0.39, 0.29) is 0 Å². The highest BCUT2D eigenvalue weighted by Crippen LogP contribution is 2.59. The first kappa shape index (κ1) is 38.7. The molecule has 67 heavy (non-hydrogen) atoms. The molecule has 2 heteroatoms. The van der Waals surface area contributed by atoms with Crippen LogP contribution in [-0.4, -0.2) is 4.57 Å². The first-order chi connectivity index (χ1) is 33.3. The van der Waals surface area contributed by atoms with Gasteiger partial charge in [0, 0.05) is 33.4 Å². The molecule has 1 unspecified atom stereocenters. The summed E-state index contributed by atoms with van der Waals surface area (Å²) in [6.07, 6.45) is 0. The van der Waals surface area contributed by atoms with E-state index >= 15 is 0 Å². The van der Waals surface area contributed by atoms with Crippen molar-refractivity contribution in [2.45, 2.75) is 5.41 Å². The summed E-state index contributed by atoms with van der Waals surface area (Å²) in [5, 5.41) is 4.85. The van der Waals surface area contributed by atoms with E-state index in [4.69, 9.17) is 0 Å². The van der Waals surface area contributed by atoms with Crippen LogP contribution in [0.15, 0.2) is 267 Å². The molecule has 0 amide bonds. The Balaban J connectivity index is 1.10. The standard InChI is InChI=1S/C65H44N2/c1-4-21-46(22-5-1)53-28-12-16-32-59(53)65(49-26-8-3-9-27-49)60-33-17-13-30-55(60)56-40-38-51(43-61(56)65)66(50-37-36-45-20-10-11-25-48(45)42-50)52-39-41-58-57-31-15-19-35-63(57)67(64(58)44-52)62-34-18-14-29-54(62)47-23-6-2-7-24-47/h1-44H. The fraction of sp³-hybridized carbons (Fsp3) is 0.0154. The van der Waals surface area contributed by atoms with Gasteiger partial charge in [-0.25, -0.2) is 0 Å². The van der Waals surface area contributed by atoms with Crippen molar-refractivity contribution < 1.29 is 0 Å². The highest BCUT2D eigenvalue weighted by molar-refractivity contribution is 6.11. The molecule has 314 valence electrons. The van der Waals surface area contributed by atoms with Gasteiger partial charge in [0.2, 0.25) is 0 Å². The molecule has 13 rings (SSSR count). The van der Waals surface area contributed by atoms with Gasteiger partial charge in [0.1, 0.15) is 0 Å². The fourth-order valence-electron chi connectivity index (χ4n) is 11.2. The molecule has 1 aromatic heterocycles. The summed E-state index contributed by atoms with van der Waals surface area (Å²) in [5.74, 6) is 0. The van der Waals surface area contributed by atoms with Crippen LogP contribution in [0, 0.1) is 0 Å². The SMILES string of the molecule is c1ccc(-c2ccccc2-n2c3ccccc3c3ccc(N(c4ccc5c(c4)C(c4ccccc4)(c4ccccc4-c4ccccc4)c4ccccc4-5)c4ccc5ccccc5c4)cc32)cc1. The number of anilines is 3. The van der Waals surface area contributed by atoms with Crippen LogP contribution in [0.4, 0.5) is 17.1 Å². The summed E-state index contributed by atoms with van der Waals surface area (Å²) in [5.41, 5.74) is 18.5. The molecule has 1 heterocycles. The van der Waals surface area contributed by atoms with E-state index in [0.29, 0.717) is 0 Å². The van der Waals surface area contributed by atoms with Crippen molar-refractivity contribution in [1.29, 1.82) is 0 Å². The lowest BCUT2D eigenvalue weighted by Crippen LogP contribution is -2.29. The molecule has 0 aliphatic heterocycles. The maximum Gasteiger partial charge on any atom is 0.0720 e. The molecular weight excluding hydrogens is 809 g/mol. The van der Waals surface area contributed by atoms with Crippen LogP contribution >= 0.6 is 0 Å². The molecule has 0 bridgehead atoms. The lowest BCUT2D eigenvalue weighted by atomic mass is 9.66. The monoisotopic (exact) mass is 852 g/mol. The molecule has 1 atom stereocenters. The van der Waals surface area contributed by atoms with Crippen molar-refractivity contribution in [2.75, 3.05) is 4.90 Å². The topological polar surface area (TPSA) is 8.17 Å². The summed E-state index contributed by atoms with van der Waals surface area (Å²) >= 11 is 0. The van der Waals surface area contributed by atoms with Crippen LogP contribution < -0.4 is 4.90 Å². The number of rotatable bonds is 8. The summed E-state index contributed by atoms with van der Waals surface area (Å²) in [6.45, 7) is 0. The predicted molar refractivity (Wildman–Crippen MR) is 281 cm³/mol. The van der Waals surface area contributed by atoms with Crippen LogP contribution in [0.2, 0.25) is 0 Å². The van der Waals surface area contributed by atoms with Crippen LogP contribution in [0.5, 0.6) is 0 Å². The third-order valence-corrected chi connectivity index (χ3v) is 14.0. The van der Waals surface area contributed by atoms with E-state index in [1.165, 1.54) is 82.7 Å². The van der Waals surface area contributed by atoms with Gasteiger partial charge in [-0.2, -0.15) is 0 Å². The maximum absolute atomic E-state index is 2.49. The van der Waals surface area contributed by atoms with E-state index < -0.39 is 5.41 Å². The first-order valence-corrected chi connectivity index (χ1v) is 23.2. The summed E-state index contributed by atoms with van der Waals surface area (Å²) in [7, 11) is 0. The molecule has 2 nitrogen and oxygen atoms in total. The van der Waals surface area contributed by atoms with Gasteiger partial charge < -0.3 is 9.47 Å². The Labute approximate surface area is 390 Å². The molecule has 12 aromatic rings. The molecule has 1 aliphatic rings. The van der Waals surface area contributed by atoms with Gasteiger partial charge in [0.25, 0.3) is 0 Å². The Morgan fingerprint density at radius 2 is 0.806 bits per heavy atom. The zero-order chi connectivity index (χ0) is 44.3. The van der Waals surface area contributed by atoms with E-state index in [1.807, 2.05) is 0 Å². The van der Waals surface area contributed by atoms with Gasteiger partial charge in [0.05, 0.1) is 22.1 Å². The van der Waals surface area contributed by atoms with E-state index in [0.717, 1.165) is 28.3 Å². The van der Waals surface area contributed by atoms with Gasteiger partial charge in [-0.05, 0) is 109 Å². The fourth-order valence-corrected chi connectivity index (χ4v) is 11.2. The summed E-state index contributed by atoms with van der Waals surface area (Å²) in [6, 6.07) is 98.3. The van der Waals surface area contributed by atoms with Crippen molar-refractivity contribution in [3.05, 3.63) is 289 Å². The second-order valence-corrected chi connectivity index (χ2v) is 17.6. The Morgan fingerprint density at radius 1 is 0.299 bits per heavy atom. The van der Waals surface area contributed by atoms with Crippen molar-refractivity contribution in [3.63, 3.8) is 0 Å². The number of aromatic nitrogens is 1. The second-order valence-electron chi connectivity index (χ2n) is 17.6. The minimum Gasteiger partial charge on any atom is -0.310 e. The molecule has 1 aliphatic carbocycles. The first-order valence-electron chi connectivity index (χ1n) is 23.2. The summed E-state index contributed by atoms with van der Waals surface area (Å²) in [4.78, 5) is 2.47.